The number of carbonyl (C=O) groups is 2. The molecule has 2 amide bonds. The smallest absolute Gasteiger partial charge is 0.273 e. The highest BCUT2D eigenvalue weighted by Gasteiger charge is 2.14. The van der Waals surface area contributed by atoms with Gasteiger partial charge in [-0.15, -0.1) is 0 Å². The molecular formula is C18H15ClN2O5. The first-order valence-electron chi connectivity index (χ1n) is 7.58. The lowest BCUT2D eigenvalue weighted by Gasteiger charge is -2.09. The van der Waals surface area contributed by atoms with Crippen LogP contribution in [0.4, 0.5) is 0 Å². The van der Waals surface area contributed by atoms with E-state index in [9.17, 15) is 9.59 Å². The zero-order valence-electron chi connectivity index (χ0n) is 13.7. The highest BCUT2D eigenvalue weighted by atomic mass is 35.5. The van der Waals surface area contributed by atoms with Crippen molar-refractivity contribution in [1.29, 1.82) is 0 Å². The lowest BCUT2D eigenvalue weighted by atomic mass is 10.2. The molecule has 0 bridgehead atoms. The molecular weight excluding hydrogens is 360 g/mol. The Kier molecular flexibility index (Phi) is 5.28. The van der Waals surface area contributed by atoms with Crippen molar-refractivity contribution in [2.45, 2.75) is 0 Å². The van der Waals surface area contributed by atoms with Crippen molar-refractivity contribution < 1.29 is 23.8 Å². The molecule has 2 N–H and O–H groups in total. The fraction of sp³-hybridized carbons (Fsp3) is 0.111. The van der Waals surface area contributed by atoms with Crippen molar-refractivity contribution in [3.63, 3.8) is 0 Å². The van der Waals surface area contributed by atoms with Crippen LogP contribution < -0.4 is 25.1 Å². The summed E-state index contributed by atoms with van der Waals surface area (Å²) in [6, 6.07) is 9.91. The first-order chi connectivity index (χ1) is 12.6. The Hall–Kier alpha value is -3.19. The molecule has 1 heterocycles. The van der Waals surface area contributed by atoms with E-state index in [-0.39, 0.29) is 12.4 Å². The predicted molar refractivity (Wildman–Crippen MR) is 95.2 cm³/mol. The number of nitrogens with one attached hydrogen (secondary N) is 2. The van der Waals surface area contributed by atoms with E-state index >= 15 is 0 Å². The normalized spacial score (nSPS) is 12.1. The van der Waals surface area contributed by atoms with E-state index in [1.54, 1.807) is 36.4 Å². The fourth-order valence-electron chi connectivity index (χ4n) is 2.27. The summed E-state index contributed by atoms with van der Waals surface area (Å²) in [7, 11) is 1.44. The second-order valence-electron chi connectivity index (χ2n) is 5.23. The van der Waals surface area contributed by atoms with Gasteiger partial charge in [-0.3, -0.25) is 20.4 Å². The number of fused-ring (bicyclic) bond motifs is 1. The van der Waals surface area contributed by atoms with Crippen LogP contribution in [-0.2, 0) is 4.79 Å². The summed E-state index contributed by atoms with van der Waals surface area (Å²) in [6.45, 7) is 0.183. The maximum Gasteiger partial charge on any atom is 0.273 e. The van der Waals surface area contributed by atoms with Gasteiger partial charge in [0.05, 0.1) is 12.7 Å². The van der Waals surface area contributed by atoms with Crippen LogP contribution in [0, 0.1) is 0 Å². The number of ether oxygens (including phenoxy) is 3. The maximum absolute atomic E-state index is 12.2. The van der Waals surface area contributed by atoms with E-state index in [4.69, 9.17) is 25.8 Å². The van der Waals surface area contributed by atoms with Crippen LogP contribution in [0.1, 0.15) is 15.9 Å². The molecule has 0 saturated carbocycles. The molecule has 0 atom stereocenters. The second kappa shape index (κ2) is 7.79. The molecule has 2 aromatic rings. The molecule has 1 aliphatic heterocycles. The highest BCUT2D eigenvalue weighted by Crippen LogP contribution is 2.32. The monoisotopic (exact) mass is 374 g/mol. The van der Waals surface area contributed by atoms with Gasteiger partial charge in [-0.05, 0) is 42.0 Å². The van der Waals surface area contributed by atoms with E-state index in [1.165, 1.54) is 19.3 Å². The molecule has 0 aliphatic carbocycles. The van der Waals surface area contributed by atoms with Crippen molar-refractivity contribution in [1.82, 2.24) is 10.9 Å². The maximum atomic E-state index is 12.2. The van der Waals surface area contributed by atoms with Gasteiger partial charge in [0.25, 0.3) is 11.8 Å². The zero-order valence-corrected chi connectivity index (χ0v) is 14.5. The molecule has 3 rings (SSSR count). The minimum absolute atomic E-state index is 0.183. The number of methoxy groups -OCH3 is 1. The number of benzene rings is 2. The molecule has 0 saturated heterocycles. The molecule has 0 spiro atoms. The summed E-state index contributed by atoms with van der Waals surface area (Å²) >= 11 is 5.89. The van der Waals surface area contributed by atoms with Gasteiger partial charge in [0.15, 0.2) is 11.5 Å². The second-order valence-corrected chi connectivity index (χ2v) is 5.67. The van der Waals surface area contributed by atoms with Crippen LogP contribution in [0.3, 0.4) is 0 Å². The average molecular weight is 375 g/mol. The van der Waals surface area contributed by atoms with Gasteiger partial charge in [0, 0.05) is 11.1 Å². The van der Waals surface area contributed by atoms with Crippen LogP contribution in [-0.4, -0.2) is 25.7 Å². The largest absolute Gasteiger partial charge is 0.496 e. The van der Waals surface area contributed by atoms with Gasteiger partial charge in [-0.1, -0.05) is 17.7 Å². The molecule has 8 heteroatoms. The van der Waals surface area contributed by atoms with Crippen LogP contribution in [0.25, 0.3) is 6.08 Å². The lowest BCUT2D eigenvalue weighted by Crippen LogP contribution is -2.40. The first-order valence-corrected chi connectivity index (χ1v) is 7.96. The molecule has 7 nitrogen and oxygen atoms in total. The molecule has 0 radical (unpaired) electrons. The minimum Gasteiger partial charge on any atom is -0.496 e. The molecule has 2 aromatic carbocycles. The third kappa shape index (κ3) is 4.07. The third-order valence-electron chi connectivity index (χ3n) is 3.53. The number of hydrazine groups is 1. The van der Waals surface area contributed by atoms with E-state index in [0.717, 1.165) is 5.56 Å². The topological polar surface area (TPSA) is 85.9 Å². The summed E-state index contributed by atoms with van der Waals surface area (Å²) < 4.78 is 15.6. The van der Waals surface area contributed by atoms with Crippen LogP contribution in [0.15, 0.2) is 42.5 Å². The predicted octanol–water partition coefficient (Wildman–Crippen LogP) is 2.55. The Labute approximate surface area is 154 Å². The molecule has 26 heavy (non-hydrogen) atoms. The van der Waals surface area contributed by atoms with Crippen LogP contribution >= 0.6 is 11.6 Å². The fourth-order valence-corrected chi connectivity index (χ4v) is 2.45. The van der Waals surface area contributed by atoms with Gasteiger partial charge >= 0.3 is 0 Å². The van der Waals surface area contributed by atoms with E-state index in [1.807, 2.05) is 0 Å². The van der Waals surface area contributed by atoms with E-state index in [2.05, 4.69) is 10.9 Å². The average Bonchev–Trinajstić information content (AvgIpc) is 3.12. The Morgan fingerprint density at radius 2 is 1.92 bits per heavy atom. The quantitative estimate of drug-likeness (QED) is 0.634. The van der Waals surface area contributed by atoms with Crippen molar-refractivity contribution in [2.75, 3.05) is 13.9 Å². The SMILES string of the molecule is COc1ccc(Cl)cc1C(=O)NNC(=O)/C=C/c1ccc2c(c1)OCO2. The van der Waals surface area contributed by atoms with Crippen molar-refractivity contribution >= 4 is 29.5 Å². The van der Waals surface area contributed by atoms with Crippen molar-refractivity contribution in [2.24, 2.45) is 0 Å². The summed E-state index contributed by atoms with van der Waals surface area (Å²) in [4.78, 5) is 24.0. The Morgan fingerprint density at radius 3 is 2.73 bits per heavy atom. The number of carbonyl (C=O) groups excluding carboxylic acids is 2. The third-order valence-corrected chi connectivity index (χ3v) is 3.76. The summed E-state index contributed by atoms with van der Waals surface area (Å²) in [5, 5.41) is 0.380. The minimum atomic E-state index is -0.547. The number of amides is 2. The van der Waals surface area contributed by atoms with Crippen LogP contribution in [0.5, 0.6) is 17.2 Å². The molecule has 0 unspecified atom stereocenters. The van der Waals surface area contributed by atoms with Gasteiger partial charge in [0.1, 0.15) is 5.75 Å². The van der Waals surface area contributed by atoms with Gasteiger partial charge in [0.2, 0.25) is 6.79 Å². The van der Waals surface area contributed by atoms with Gasteiger partial charge < -0.3 is 14.2 Å². The Bertz CT molecular complexity index is 882. The summed E-state index contributed by atoms with van der Waals surface area (Å²) in [5.74, 6) is 0.575. The van der Waals surface area contributed by atoms with Crippen molar-refractivity contribution in [3.05, 3.63) is 58.6 Å². The number of hydrogen-bond donors (Lipinski definition) is 2. The Morgan fingerprint density at radius 1 is 1.12 bits per heavy atom. The standard InChI is InChI=1S/C18H15ClN2O5/c1-24-14-6-4-12(19)9-13(14)18(23)21-20-17(22)7-3-11-2-5-15-16(8-11)26-10-25-15/h2-9H,10H2,1H3,(H,20,22)(H,21,23)/b7-3+. The molecule has 134 valence electrons. The molecule has 1 aliphatic rings. The van der Waals surface area contributed by atoms with E-state index < -0.39 is 11.8 Å². The summed E-state index contributed by atoms with van der Waals surface area (Å²) in [5.41, 5.74) is 5.57. The molecule has 0 aromatic heterocycles. The zero-order chi connectivity index (χ0) is 18.5. The summed E-state index contributed by atoms with van der Waals surface area (Å²) in [6.07, 6.45) is 2.87. The highest BCUT2D eigenvalue weighted by molar-refractivity contribution is 6.31. The van der Waals surface area contributed by atoms with Gasteiger partial charge in [-0.25, -0.2) is 0 Å². The van der Waals surface area contributed by atoms with E-state index in [0.29, 0.717) is 22.3 Å². The lowest BCUT2D eigenvalue weighted by molar-refractivity contribution is -0.117. The van der Waals surface area contributed by atoms with Crippen LogP contribution in [0.2, 0.25) is 5.02 Å². The number of hydrogen-bond acceptors (Lipinski definition) is 5. The Balaban J connectivity index is 1.59. The molecule has 0 fully saturated rings. The first kappa shape index (κ1) is 17.6. The number of halogens is 1. The van der Waals surface area contributed by atoms with Crippen molar-refractivity contribution in [3.8, 4) is 17.2 Å². The number of rotatable bonds is 4. The van der Waals surface area contributed by atoms with Gasteiger partial charge in [-0.2, -0.15) is 0 Å².